The minimum absolute atomic E-state index is 0.254. The van der Waals surface area contributed by atoms with Crippen molar-refractivity contribution in [2.75, 3.05) is 0 Å². The Morgan fingerprint density at radius 3 is 2.20 bits per heavy atom. The number of hydrogen-bond acceptors (Lipinski definition) is 1. The third-order valence-corrected chi connectivity index (χ3v) is 4.51. The van der Waals surface area contributed by atoms with E-state index >= 15 is 0 Å². The predicted octanol–water partition coefficient (Wildman–Crippen LogP) is 3.45. The van der Waals surface area contributed by atoms with Crippen molar-refractivity contribution in [3.8, 4) is 0 Å². The number of benzene rings is 1. The second-order valence-corrected chi connectivity index (χ2v) is 5.90. The highest BCUT2D eigenvalue weighted by Crippen LogP contribution is 2.43. The smallest absolute Gasteiger partial charge is 0.0130 e. The zero-order valence-corrected chi connectivity index (χ0v) is 11.3. The Kier molecular flexibility index (Phi) is 3.36. The van der Waals surface area contributed by atoms with Gasteiger partial charge in [-0.15, -0.1) is 0 Å². The van der Waals surface area contributed by atoms with Gasteiger partial charge in [0.1, 0.15) is 0 Å². The van der Waals surface area contributed by atoms with Crippen LogP contribution in [0.25, 0.3) is 0 Å². The molecule has 1 aromatic carbocycles. The maximum Gasteiger partial charge on any atom is 0.0130 e. The fourth-order valence-electron chi connectivity index (χ4n) is 2.79. The topological polar surface area (TPSA) is 26.0 Å². The van der Waals surface area contributed by atoms with E-state index in [0.717, 1.165) is 0 Å². The summed E-state index contributed by atoms with van der Waals surface area (Å²) in [7, 11) is 0. The molecule has 1 atom stereocenters. The molecule has 1 aliphatic carbocycles. The summed E-state index contributed by atoms with van der Waals surface area (Å²) in [6.07, 6.45) is 5.16. The molecular weight excluding hydrogens is 297 g/mol. The molecule has 0 saturated heterocycles. The van der Waals surface area contributed by atoms with Crippen LogP contribution in [-0.4, -0.2) is 6.04 Å². The maximum atomic E-state index is 6.20. The Hall–Kier alpha value is -0.0900. The van der Waals surface area contributed by atoms with Crippen LogP contribution in [0.15, 0.2) is 24.3 Å². The van der Waals surface area contributed by atoms with Crippen molar-refractivity contribution in [1.29, 1.82) is 0 Å². The standard InChI is InChI=1S/C13H18IN/c1-10(15)13(8-2-3-9-13)11-4-6-12(14)7-5-11/h4-7,10H,2-3,8-9,15H2,1H3. The fraction of sp³-hybridized carbons (Fsp3) is 0.538. The molecule has 1 unspecified atom stereocenters. The van der Waals surface area contributed by atoms with Crippen molar-refractivity contribution >= 4 is 22.6 Å². The molecule has 15 heavy (non-hydrogen) atoms. The molecule has 1 nitrogen and oxygen atoms in total. The summed E-state index contributed by atoms with van der Waals surface area (Å²) >= 11 is 2.35. The summed E-state index contributed by atoms with van der Waals surface area (Å²) in [5.74, 6) is 0. The number of rotatable bonds is 2. The van der Waals surface area contributed by atoms with Crippen LogP contribution in [0, 0.1) is 3.57 Å². The van der Waals surface area contributed by atoms with Crippen LogP contribution in [0.5, 0.6) is 0 Å². The third kappa shape index (κ3) is 2.07. The van der Waals surface area contributed by atoms with E-state index in [-0.39, 0.29) is 11.5 Å². The minimum Gasteiger partial charge on any atom is -0.327 e. The quantitative estimate of drug-likeness (QED) is 0.831. The van der Waals surface area contributed by atoms with Gasteiger partial charge in [-0.1, -0.05) is 25.0 Å². The lowest BCUT2D eigenvalue weighted by molar-refractivity contribution is 0.368. The molecular formula is C13H18IN. The first-order chi connectivity index (χ1) is 7.15. The predicted molar refractivity (Wildman–Crippen MR) is 73.0 cm³/mol. The summed E-state index contributed by atoms with van der Waals surface area (Å²) in [6.45, 7) is 2.16. The Morgan fingerprint density at radius 1 is 1.20 bits per heavy atom. The van der Waals surface area contributed by atoms with Gasteiger partial charge in [0.15, 0.2) is 0 Å². The third-order valence-electron chi connectivity index (χ3n) is 3.79. The van der Waals surface area contributed by atoms with Gasteiger partial charge in [-0.2, -0.15) is 0 Å². The monoisotopic (exact) mass is 315 g/mol. The summed E-state index contributed by atoms with van der Waals surface area (Å²) in [4.78, 5) is 0. The molecule has 2 heteroatoms. The lowest BCUT2D eigenvalue weighted by atomic mass is 9.74. The Balaban J connectivity index is 2.36. The van der Waals surface area contributed by atoms with Crippen LogP contribution >= 0.6 is 22.6 Å². The SMILES string of the molecule is CC(N)C1(c2ccc(I)cc2)CCCC1. The highest BCUT2D eigenvalue weighted by Gasteiger charge is 2.38. The lowest BCUT2D eigenvalue weighted by Crippen LogP contribution is -2.41. The van der Waals surface area contributed by atoms with Crippen LogP contribution in [0.1, 0.15) is 38.2 Å². The van der Waals surface area contributed by atoms with E-state index in [0.29, 0.717) is 0 Å². The summed E-state index contributed by atoms with van der Waals surface area (Å²) in [5.41, 5.74) is 7.90. The zero-order chi connectivity index (χ0) is 10.9. The van der Waals surface area contributed by atoms with E-state index < -0.39 is 0 Å². The fourth-order valence-corrected chi connectivity index (χ4v) is 3.15. The van der Waals surface area contributed by atoms with Crippen LogP contribution in [0.4, 0.5) is 0 Å². The molecule has 2 N–H and O–H groups in total. The van der Waals surface area contributed by atoms with Gasteiger partial charge in [0.05, 0.1) is 0 Å². The zero-order valence-electron chi connectivity index (χ0n) is 9.17. The van der Waals surface area contributed by atoms with E-state index in [9.17, 15) is 0 Å². The molecule has 1 fully saturated rings. The highest BCUT2D eigenvalue weighted by molar-refractivity contribution is 14.1. The maximum absolute atomic E-state index is 6.20. The molecule has 1 saturated carbocycles. The van der Waals surface area contributed by atoms with E-state index in [4.69, 9.17) is 5.73 Å². The molecule has 0 radical (unpaired) electrons. The van der Waals surface area contributed by atoms with Gasteiger partial charge in [0.25, 0.3) is 0 Å². The molecule has 0 spiro atoms. The van der Waals surface area contributed by atoms with Crippen molar-refractivity contribution in [2.45, 2.75) is 44.1 Å². The van der Waals surface area contributed by atoms with Gasteiger partial charge in [0.2, 0.25) is 0 Å². The second kappa shape index (κ2) is 4.42. The van der Waals surface area contributed by atoms with Crippen LogP contribution in [0.3, 0.4) is 0 Å². The Morgan fingerprint density at radius 2 is 1.73 bits per heavy atom. The first-order valence-electron chi connectivity index (χ1n) is 5.67. The van der Waals surface area contributed by atoms with Crippen LogP contribution < -0.4 is 5.73 Å². The molecule has 2 rings (SSSR count). The number of halogens is 1. The van der Waals surface area contributed by atoms with Gasteiger partial charge < -0.3 is 5.73 Å². The first-order valence-corrected chi connectivity index (χ1v) is 6.75. The largest absolute Gasteiger partial charge is 0.327 e. The van der Waals surface area contributed by atoms with E-state index in [2.05, 4.69) is 53.8 Å². The van der Waals surface area contributed by atoms with Gasteiger partial charge in [-0.3, -0.25) is 0 Å². The molecule has 0 heterocycles. The van der Waals surface area contributed by atoms with Crippen molar-refractivity contribution in [2.24, 2.45) is 5.73 Å². The number of hydrogen-bond donors (Lipinski definition) is 1. The van der Waals surface area contributed by atoms with E-state index in [1.807, 2.05) is 0 Å². The molecule has 82 valence electrons. The van der Waals surface area contributed by atoms with Crippen molar-refractivity contribution in [1.82, 2.24) is 0 Å². The van der Waals surface area contributed by atoms with Gasteiger partial charge >= 0.3 is 0 Å². The normalized spacial score (nSPS) is 21.5. The van der Waals surface area contributed by atoms with Crippen molar-refractivity contribution in [3.63, 3.8) is 0 Å². The Bertz CT molecular complexity index is 323. The first kappa shape index (κ1) is 11.4. The summed E-state index contributed by atoms with van der Waals surface area (Å²) in [6, 6.07) is 9.17. The molecule has 0 aromatic heterocycles. The van der Waals surface area contributed by atoms with Crippen molar-refractivity contribution < 1.29 is 0 Å². The minimum atomic E-state index is 0.254. The second-order valence-electron chi connectivity index (χ2n) is 4.66. The molecule has 1 aromatic rings. The highest BCUT2D eigenvalue weighted by atomic mass is 127. The molecule has 1 aliphatic rings. The van der Waals surface area contributed by atoms with Crippen molar-refractivity contribution in [3.05, 3.63) is 33.4 Å². The Labute approximate surface area is 106 Å². The molecule has 0 aliphatic heterocycles. The summed E-state index contributed by atoms with van der Waals surface area (Å²) < 4.78 is 1.30. The summed E-state index contributed by atoms with van der Waals surface area (Å²) in [5, 5.41) is 0. The average molecular weight is 315 g/mol. The molecule has 0 amide bonds. The van der Waals surface area contributed by atoms with E-state index in [1.54, 1.807) is 0 Å². The average Bonchev–Trinajstić information content (AvgIpc) is 2.69. The van der Waals surface area contributed by atoms with Gasteiger partial charge in [0, 0.05) is 15.0 Å². The van der Waals surface area contributed by atoms with Crippen LogP contribution in [-0.2, 0) is 5.41 Å². The lowest BCUT2D eigenvalue weighted by Gasteiger charge is -2.33. The van der Waals surface area contributed by atoms with E-state index in [1.165, 1.54) is 34.8 Å². The number of nitrogens with two attached hydrogens (primary N) is 1. The van der Waals surface area contributed by atoms with Gasteiger partial charge in [-0.05, 0) is 60.1 Å². The van der Waals surface area contributed by atoms with Crippen LogP contribution in [0.2, 0.25) is 0 Å². The molecule has 0 bridgehead atoms. The van der Waals surface area contributed by atoms with Gasteiger partial charge in [-0.25, -0.2) is 0 Å².